The van der Waals surface area contributed by atoms with Crippen LogP contribution in [0.4, 0.5) is 5.69 Å². The molecule has 0 spiro atoms. The zero-order valence-electron chi connectivity index (χ0n) is 16.2. The second kappa shape index (κ2) is 9.71. The Balaban J connectivity index is 1.73. The molecule has 0 radical (unpaired) electrons. The van der Waals surface area contributed by atoms with E-state index in [0.717, 1.165) is 5.56 Å². The van der Waals surface area contributed by atoms with Crippen molar-refractivity contribution in [2.75, 3.05) is 11.9 Å². The topological polar surface area (TPSA) is 66.5 Å². The first-order valence-corrected chi connectivity index (χ1v) is 11.0. The van der Waals surface area contributed by atoms with Crippen molar-refractivity contribution >= 4 is 33.2 Å². The third-order valence-electron chi connectivity index (χ3n) is 4.39. The number of hydrogen-bond donors (Lipinski definition) is 1. The molecule has 1 amide bonds. The van der Waals surface area contributed by atoms with Gasteiger partial charge in [0.05, 0.1) is 4.90 Å². The van der Waals surface area contributed by atoms with Crippen molar-refractivity contribution in [1.82, 2.24) is 4.31 Å². The largest absolute Gasteiger partial charge is 0.322 e. The highest BCUT2D eigenvalue weighted by molar-refractivity contribution is 7.89. The number of carbonyl (C=O) groups is 1. The van der Waals surface area contributed by atoms with E-state index in [2.05, 4.69) is 11.9 Å². The molecular weight excluding hydrogens is 420 g/mol. The van der Waals surface area contributed by atoms with Crippen LogP contribution < -0.4 is 5.32 Å². The number of carbonyl (C=O) groups excluding carboxylic acids is 1. The van der Waals surface area contributed by atoms with Crippen molar-refractivity contribution in [3.63, 3.8) is 0 Å². The fourth-order valence-corrected chi connectivity index (χ4v) is 4.38. The van der Waals surface area contributed by atoms with Crippen LogP contribution >= 0.6 is 11.6 Å². The van der Waals surface area contributed by atoms with Gasteiger partial charge in [-0.3, -0.25) is 4.79 Å². The number of hydrogen-bond acceptors (Lipinski definition) is 3. The molecule has 30 heavy (non-hydrogen) atoms. The van der Waals surface area contributed by atoms with Gasteiger partial charge in [0.25, 0.3) is 5.91 Å². The van der Waals surface area contributed by atoms with E-state index in [-0.39, 0.29) is 23.9 Å². The monoisotopic (exact) mass is 440 g/mol. The summed E-state index contributed by atoms with van der Waals surface area (Å²) in [7, 11) is -3.66. The van der Waals surface area contributed by atoms with Gasteiger partial charge in [-0.15, -0.1) is 6.58 Å². The van der Waals surface area contributed by atoms with Gasteiger partial charge < -0.3 is 5.32 Å². The van der Waals surface area contributed by atoms with Crippen LogP contribution in [0.3, 0.4) is 0 Å². The van der Waals surface area contributed by atoms with Crippen LogP contribution in [0, 0.1) is 0 Å². The van der Waals surface area contributed by atoms with Gasteiger partial charge in [0.2, 0.25) is 10.0 Å². The van der Waals surface area contributed by atoms with Crippen LogP contribution in [-0.2, 0) is 16.6 Å². The Kier molecular flexibility index (Phi) is 7.05. The normalized spacial score (nSPS) is 11.3. The predicted octanol–water partition coefficient (Wildman–Crippen LogP) is 4.97. The average molecular weight is 441 g/mol. The standard InChI is InChI=1S/C23H21ClN2O3S/c1-2-16-26(30(28,29)22-6-4-3-5-7-22)17-18-8-10-19(11-9-18)23(27)25-21-14-12-20(24)13-15-21/h2-15H,1,16-17H2,(H,25,27). The smallest absolute Gasteiger partial charge is 0.255 e. The molecule has 0 unspecified atom stereocenters. The molecule has 0 bridgehead atoms. The summed E-state index contributed by atoms with van der Waals surface area (Å²) in [5.41, 5.74) is 1.87. The maximum absolute atomic E-state index is 12.9. The maximum atomic E-state index is 12.9. The van der Waals surface area contributed by atoms with Crippen LogP contribution in [0.1, 0.15) is 15.9 Å². The molecule has 7 heteroatoms. The first-order valence-electron chi connectivity index (χ1n) is 9.22. The van der Waals surface area contributed by atoms with Gasteiger partial charge in [0.1, 0.15) is 0 Å². The van der Waals surface area contributed by atoms with Gasteiger partial charge in [-0.05, 0) is 54.1 Å². The molecule has 1 N–H and O–H groups in total. The Morgan fingerprint density at radius 1 is 0.967 bits per heavy atom. The van der Waals surface area contributed by atoms with E-state index < -0.39 is 10.0 Å². The molecule has 3 rings (SSSR count). The molecule has 0 aromatic heterocycles. The number of anilines is 1. The van der Waals surface area contributed by atoms with E-state index in [1.807, 2.05) is 0 Å². The summed E-state index contributed by atoms with van der Waals surface area (Å²) in [4.78, 5) is 12.6. The third kappa shape index (κ3) is 5.36. The highest BCUT2D eigenvalue weighted by Crippen LogP contribution is 2.19. The quantitative estimate of drug-likeness (QED) is 0.503. The van der Waals surface area contributed by atoms with E-state index in [0.29, 0.717) is 16.3 Å². The molecule has 0 aliphatic heterocycles. The highest BCUT2D eigenvalue weighted by atomic mass is 35.5. The molecule has 0 fully saturated rings. The summed E-state index contributed by atoms with van der Waals surface area (Å²) in [5, 5.41) is 3.38. The van der Waals surface area contributed by atoms with Crippen LogP contribution in [0.5, 0.6) is 0 Å². The van der Waals surface area contributed by atoms with Crippen molar-refractivity contribution in [3.05, 3.63) is 108 Å². The van der Waals surface area contributed by atoms with E-state index >= 15 is 0 Å². The lowest BCUT2D eigenvalue weighted by Gasteiger charge is -2.21. The summed E-state index contributed by atoms with van der Waals surface area (Å²) < 4.78 is 27.2. The Hall–Kier alpha value is -2.93. The van der Waals surface area contributed by atoms with E-state index in [1.165, 1.54) is 4.31 Å². The number of rotatable bonds is 8. The molecule has 0 aliphatic rings. The molecule has 0 saturated carbocycles. The van der Waals surface area contributed by atoms with Gasteiger partial charge in [-0.2, -0.15) is 4.31 Å². The van der Waals surface area contributed by atoms with Crippen molar-refractivity contribution in [3.8, 4) is 0 Å². The van der Waals surface area contributed by atoms with Crippen molar-refractivity contribution < 1.29 is 13.2 Å². The first kappa shape index (κ1) is 21.8. The lowest BCUT2D eigenvalue weighted by Crippen LogP contribution is -2.30. The summed E-state index contributed by atoms with van der Waals surface area (Å²) in [5.74, 6) is -0.260. The molecule has 5 nitrogen and oxygen atoms in total. The Morgan fingerprint density at radius 2 is 1.60 bits per heavy atom. The van der Waals surface area contributed by atoms with Gasteiger partial charge in [0, 0.05) is 29.4 Å². The predicted molar refractivity (Wildman–Crippen MR) is 120 cm³/mol. The summed E-state index contributed by atoms with van der Waals surface area (Å²) in [6, 6.07) is 21.9. The summed E-state index contributed by atoms with van der Waals surface area (Å²) in [6.07, 6.45) is 1.55. The zero-order valence-corrected chi connectivity index (χ0v) is 17.7. The fourth-order valence-electron chi connectivity index (χ4n) is 2.83. The second-order valence-corrected chi connectivity index (χ2v) is 8.93. The number of halogens is 1. The lowest BCUT2D eigenvalue weighted by atomic mass is 10.1. The fraction of sp³-hybridized carbons (Fsp3) is 0.0870. The highest BCUT2D eigenvalue weighted by Gasteiger charge is 2.23. The number of nitrogens with one attached hydrogen (secondary N) is 1. The minimum Gasteiger partial charge on any atom is -0.322 e. The molecular formula is C23H21ClN2O3S. The van der Waals surface area contributed by atoms with Gasteiger partial charge >= 0.3 is 0 Å². The number of amides is 1. The first-order chi connectivity index (χ1) is 14.4. The summed E-state index contributed by atoms with van der Waals surface area (Å²) in [6.45, 7) is 4.01. The summed E-state index contributed by atoms with van der Waals surface area (Å²) >= 11 is 5.85. The zero-order chi connectivity index (χ0) is 21.6. The molecule has 0 heterocycles. The molecule has 0 aliphatic carbocycles. The Labute approximate surface area is 181 Å². The van der Waals surface area contributed by atoms with Crippen molar-refractivity contribution in [1.29, 1.82) is 0 Å². The SMILES string of the molecule is C=CCN(Cc1ccc(C(=O)Nc2ccc(Cl)cc2)cc1)S(=O)(=O)c1ccccc1. The van der Waals surface area contributed by atoms with Crippen LogP contribution in [-0.4, -0.2) is 25.2 Å². The number of benzene rings is 3. The molecule has 3 aromatic carbocycles. The van der Waals surface area contributed by atoms with Crippen molar-refractivity contribution in [2.24, 2.45) is 0 Å². The molecule has 3 aromatic rings. The van der Waals surface area contributed by atoms with Crippen LogP contribution in [0.15, 0.2) is 96.4 Å². The van der Waals surface area contributed by atoms with Gasteiger partial charge in [-0.25, -0.2) is 8.42 Å². The maximum Gasteiger partial charge on any atom is 0.255 e. The third-order valence-corrected chi connectivity index (χ3v) is 6.47. The van der Waals surface area contributed by atoms with Crippen molar-refractivity contribution in [2.45, 2.75) is 11.4 Å². The van der Waals surface area contributed by atoms with Crippen LogP contribution in [0.2, 0.25) is 5.02 Å². The second-order valence-electron chi connectivity index (χ2n) is 6.56. The van der Waals surface area contributed by atoms with E-state index in [1.54, 1.807) is 84.9 Å². The minimum atomic E-state index is -3.66. The van der Waals surface area contributed by atoms with E-state index in [9.17, 15) is 13.2 Å². The molecule has 0 atom stereocenters. The van der Waals surface area contributed by atoms with E-state index in [4.69, 9.17) is 11.6 Å². The minimum absolute atomic E-state index is 0.169. The van der Waals surface area contributed by atoms with Gasteiger partial charge in [0.15, 0.2) is 0 Å². The number of sulfonamides is 1. The average Bonchev–Trinajstić information content (AvgIpc) is 2.76. The molecule has 0 saturated heterocycles. The van der Waals surface area contributed by atoms with Gasteiger partial charge in [-0.1, -0.05) is 48.0 Å². The molecule has 154 valence electrons. The Morgan fingerprint density at radius 3 is 2.20 bits per heavy atom. The lowest BCUT2D eigenvalue weighted by molar-refractivity contribution is 0.102. The number of nitrogens with zero attached hydrogens (tertiary/aromatic N) is 1. The Bertz CT molecular complexity index is 1110. The van der Waals surface area contributed by atoms with Crippen LogP contribution in [0.25, 0.3) is 0 Å².